The van der Waals surface area contributed by atoms with Crippen molar-refractivity contribution in [3.8, 4) is 5.75 Å². The van der Waals surface area contributed by atoms with Gasteiger partial charge in [-0.2, -0.15) is 0 Å². The zero-order valence-corrected chi connectivity index (χ0v) is 13.7. The second-order valence-corrected chi connectivity index (χ2v) is 5.56. The van der Waals surface area contributed by atoms with E-state index in [0.29, 0.717) is 6.61 Å². The standard InChI is InChI=1S/C17H20BrNO2/c1-20-10-9-19-12-15-7-8-17(16(18)11-15)21-13-14-5-3-2-4-6-14/h2-8,11,19H,9-10,12-13H2,1H3. The first kappa shape index (κ1) is 16.0. The quantitative estimate of drug-likeness (QED) is 0.736. The average molecular weight is 350 g/mol. The van der Waals surface area contributed by atoms with Gasteiger partial charge in [-0.05, 0) is 39.2 Å². The molecule has 3 nitrogen and oxygen atoms in total. The van der Waals surface area contributed by atoms with Crippen LogP contribution in [0.1, 0.15) is 11.1 Å². The Kier molecular flexibility index (Phi) is 6.73. The average Bonchev–Trinajstić information content (AvgIpc) is 2.52. The van der Waals surface area contributed by atoms with E-state index in [9.17, 15) is 0 Å². The molecule has 2 aromatic carbocycles. The highest BCUT2D eigenvalue weighted by Crippen LogP contribution is 2.26. The van der Waals surface area contributed by atoms with Crippen LogP contribution in [0.4, 0.5) is 0 Å². The fourth-order valence-electron chi connectivity index (χ4n) is 1.91. The van der Waals surface area contributed by atoms with Crippen molar-refractivity contribution in [3.05, 3.63) is 64.1 Å². The first-order valence-electron chi connectivity index (χ1n) is 6.94. The number of rotatable bonds is 8. The number of hydrogen-bond acceptors (Lipinski definition) is 3. The molecule has 112 valence electrons. The molecule has 4 heteroatoms. The van der Waals surface area contributed by atoms with Crippen molar-refractivity contribution < 1.29 is 9.47 Å². The van der Waals surface area contributed by atoms with Gasteiger partial charge in [0.1, 0.15) is 12.4 Å². The Morgan fingerprint density at radius 2 is 1.86 bits per heavy atom. The largest absolute Gasteiger partial charge is 0.488 e. The van der Waals surface area contributed by atoms with E-state index < -0.39 is 0 Å². The summed E-state index contributed by atoms with van der Waals surface area (Å²) in [6.07, 6.45) is 0. The molecule has 0 aliphatic rings. The maximum atomic E-state index is 5.83. The zero-order valence-electron chi connectivity index (χ0n) is 12.1. The molecular weight excluding hydrogens is 330 g/mol. The van der Waals surface area contributed by atoms with Crippen LogP contribution in [0.25, 0.3) is 0 Å². The molecule has 0 atom stereocenters. The Balaban J connectivity index is 1.87. The van der Waals surface area contributed by atoms with Crippen molar-refractivity contribution >= 4 is 15.9 Å². The normalized spacial score (nSPS) is 10.6. The predicted molar refractivity (Wildman–Crippen MR) is 88.5 cm³/mol. The van der Waals surface area contributed by atoms with Crippen LogP contribution in [-0.2, 0) is 17.9 Å². The van der Waals surface area contributed by atoms with Gasteiger partial charge >= 0.3 is 0 Å². The Labute approximate surface area is 134 Å². The number of ether oxygens (including phenoxy) is 2. The molecule has 2 rings (SSSR count). The van der Waals surface area contributed by atoms with E-state index in [1.54, 1.807) is 7.11 Å². The third kappa shape index (κ3) is 5.50. The second-order valence-electron chi connectivity index (χ2n) is 4.71. The summed E-state index contributed by atoms with van der Waals surface area (Å²) >= 11 is 3.57. The van der Waals surface area contributed by atoms with Gasteiger partial charge in [-0.25, -0.2) is 0 Å². The lowest BCUT2D eigenvalue weighted by Gasteiger charge is -2.10. The van der Waals surface area contributed by atoms with Crippen molar-refractivity contribution in [2.75, 3.05) is 20.3 Å². The molecule has 0 saturated carbocycles. The van der Waals surface area contributed by atoms with Gasteiger partial charge in [0.15, 0.2) is 0 Å². The Morgan fingerprint density at radius 3 is 2.57 bits per heavy atom. The third-order valence-corrected chi connectivity index (χ3v) is 3.67. The second kappa shape index (κ2) is 8.82. The molecule has 0 aliphatic heterocycles. The lowest BCUT2D eigenvalue weighted by molar-refractivity contribution is 0.199. The molecule has 0 heterocycles. The summed E-state index contributed by atoms with van der Waals surface area (Å²) in [5.41, 5.74) is 2.37. The van der Waals surface area contributed by atoms with E-state index in [2.05, 4.69) is 45.5 Å². The van der Waals surface area contributed by atoms with E-state index >= 15 is 0 Å². The summed E-state index contributed by atoms with van der Waals surface area (Å²) < 4.78 is 11.8. The van der Waals surface area contributed by atoms with Crippen LogP contribution in [0, 0.1) is 0 Å². The van der Waals surface area contributed by atoms with E-state index in [1.807, 2.05) is 24.3 Å². The van der Waals surface area contributed by atoms with E-state index in [1.165, 1.54) is 5.56 Å². The number of methoxy groups -OCH3 is 1. The Morgan fingerprint density at radius 1 is 1.05 bits per heavy atom. The highest BCUT2D eigenvalue weighted by Gasteiger charge is 2.03. The molecule has 0 spiro atoms. The van der Waals surface area contributed by atoms with Crippen LogP contribution < -0.4 is 10.1 Å². The van der Waals surface area contributed by atoms with Gasteiger partial charge in [0.25, 0.3) is 0 Å². The summed E-state index contributed by atoms with van der Waals surface area (Å²) in [6.45, 7) is 2.96. The lowest BCUT2D eigenvalue weighted by atomic mass is 10.2. The molecule has 0 saturated heterocycles. The lowest BCUT2D eigenvalue weighted by Crippen LogP contribution is -2.18. The molecule has 0 amide bonds. The van der Waals surface area contributed by atoms with Crippen LogP contribution in [0.3, 0.4) is 0 Å². The number of hydrogen-bond donors (Lipinski definition) is 1. The molecule has 21 heavy (non-hydrogen) atoms. The maximum absolute atomic E-state index is 5.83. The monoisotopic (exact) mass is 349 g/mol. The van der Waals surface area contributed by atoms with E-state index in [4.69, 9.17) is 9.47 Å². The summed E-state index contributed by atoms with van der Waals surface area (Å²) in [6, 6.07) is 16.3. The van der Waals surface area contributed by atoms with Crippen molar-refractivity contribution in [1.29, 1.82) is 0 Å². The van der Waals surface area contributed by atoms with Gasteiger partial charge in [0.05, 0.1) is 11.1 Å². The summed E-state index contributed by atoms with van der Waals surface area (Å²) in [5.74, 6) is 0.861. The van der Waals surface area contributed by atoms with Gasteiger partial charge in [0, 0.05) is 20.2 Å². The molecule has 0 aromatic heterocycles. The highest BCUT2D eigenvalue weighted by molar-refractivity contribution is 9.10. The topological polar surface area (TPSA) is 30.5 Å². The Hall–Kier alpha value is -1.36. The Bertz CT molecular complexity index is 546. The molecule has 0 fully saturated rings. The molecule has 2 aromatic rings. The first-order valence-corrected chi connectivity index (χ1v) is 7.73. The molecular formula is C17H20BrNO2. The maximum Gasteiger partial charge on any atom is 0.134 e. The summed E-state index contributed by atoms with van der Waals surface area (Å²) in [4.78, 5) is 0. The van der Waals surface area contributed by atoms with E-state index in [0.717, 1.165) is 35.5 Å². The summed E-state index contributed by atoms with van der Waals surface area (Å²) in [5, 5.41) is 3.32. The smallest absolute Gasteiger partial charge is 0.134 e. The first-order chi connectivity index (χ1) is 10.3. The van der Waals surface area contributed by atoms with Crippen molar-refractivity contribution in [3.63, 3.8) is 0 Å². The van der Waals surface area contributed by atoms with Gasteiger partial charge in [-0.15, -0.1) is 0 Å². The van der Waals surface area contributed by atoms with Gasteiger partial charge < -0.3 is 14.8 Å². The summed E-state index contributed by atoms with van der Waals surface area (Å²) in [7, 11) is 1.71. The van der Waals surface area contributed by atoms with Crippen LogP contribution in [-0.4, -0.2) is 20.3 Å². The number of halogens is 1. The highest BCUT2D eigenvalue weighted by atomic mass is 79.9. The van der Waals surface area contributed by atoms with Crippen LogP contribution in [0.15, 0.2) is 53.0 Å². The van der Waals surface area contributed by atoms with Crippen LogP contribution >= 0.6 is 15.9 Å². The SMILES string of the molecule is COCCNCc1ccc(OCc2ccccc2)c(Br)c1. The molecule has 0 unspecified atom stereocenters. The minimum Gasteiger partial charge on any atom is -0.488 e. The predicted octanol–water partition coefficient (Wildman–Crippen LogP) is 3.76. The molecule has 0 aliphatic carbocycles. The molecule has 0 radical (unpaired) electrons. The minimum atomic E-state index is 0.574. The van der Waals surface area contributed by atoms with Gasteiger partial charge in [-0.1, -0.05) is 36.4 Å². The third-order valence-electron chi connectivity index (χ3n) is 3.05. The van der Waals surface area contributed by atoms with Crippen LogP contribution in [0.5, 0.6) is 5.75 Å². The number of nitrogens with one attached hydrogen (secondary N) is 1. The molecule has 1 N–H and O–H groups in total. The fraction of sp³-hybridized carbons (Fsp3) is 0.294. The molecule has 0 bridgehead atoms. The van der Waals surface area contributed by atoms with Gasteiger partial charge in [-0.3, -0.25) is 0 Å². The van der Waals surface area contributed by atoms with Crippen LogP contribution in [0.2, 0.25) is 0 Å². The van der Waals surface area contributed by atoms with Crippen molar-refractivity contribution in [2.45, 2.75) is 13.2 Å². The van der Waals surface area contributed by atoms with Crippen molar-refractivity contribution in [1.82, 2.24) is 5.32 Å². The fourth-order valence-corrected chi connectivity index (χ4v) is 2.45. The van der Waals surface area contributed by atoms with E-state index in [-0.39, 0.29) is 0 Å². The minimum absolute atomic E-state index is 0.574. The number of benzene rings is 2. The van der Waals surface area contributed by atoms with Crippen molar-refractivity contribution in [2.24, 2.45) is 0 Å². The van der Waals surface area contributed by atoms with Gasteiger partial charge in [0.2, 0.25) is 0 Å². The zero-order chi connectivity index (χ0) is 14.9.